The molecule has 168 valence electrons. The number of imide groups is 1. The van der Waals surface area contributed by atoms with Gasteiger partial charge in [0.05, 0.1) is 28.5 Å². The maximum Gasteiger partial charge on any atom is 0.416 e. The van der Waals surface area contributed by atoms with Gasteiger partial charge in [-0.25, -0.2) is 0 Å². The van der Waals surface area contributed by atoms with Crippen molar-refractivity contribution in [3.63, 3.8) is 0 Å². The van der Waals surface area contributed by atoms with Gasteiger partial charge in [-0.3, -0.25) is 24.6 Å². The monoisotopic (exact) mass is 468 g/mol. The molecule has 0 saturated carbocycles. The van der Waals surface area contributed by atoms with E-state index in [0.29, 0.717) is 29.5 Å². The molecule has 0 aromatic heterocycles. The number of thioether (sulfide) groups is 1. The summed E-state index contributed by atoms with van der Waals surface area (Å²) < 4.78 is 49.2. The molecule has 3 rings (SSSR count). The average molecular weight is 468 g/mol. The minimum Gasteiger partial charge on any atom is -0.449 e. The molecule has 0 unspecified atom stereocenters. The van der Waals surface area contributed by atoms with Crippen LogP contribution >= 0.6 is 11.8 Å². The maximum absolute atomic E-state index is 12.9. The van der Waals surface area contributed by atoms with Gasteiger partial charge in [-0.1, -0.05) is 18.2 Å². The maximum atomic E-state index is 12.9. The molecule has 1 heterocycles. The number of alkyl halides is 3. The van der Waals surface area contributed by atoms with Gasteiger partial charge in [0.2, 0.25) is 5.75 Å². The number of carbonyl (C=O) groups is 2. The van der Waals surface area contributed by atoms with Crippen LogP contribution in [0, 0.1) is 10.1 Å². The molecule has 2 amide bonds. The van der Waals surface area contributed by atoms with Crippen LogP contribution in [-0.2, 0) is 15.7 Å². The van der Waals surface area contributed by atoms with Crippen LogP contribution < -0.4 is 4.74 Å². The number of ether oxygens (including phenoxy) is 2. The highest BCUT2D eigenvalue weighted by Gasteiger charge is 2.35. The van der Waals surface area contributed by atoms with Crippen LogP contribution in [0.15, 0.2) is 47.4 Å². The summed E-state index contributed by atoms with van der Waals surface area (Å²) in [4.78, 5) is 36.0. The Labute approximate surface area is 183 Å². The molecule has 2 aromatic rings. The van der Waals surface area contributed by atoms with Crippen LogP contribution in [0.1, 0.15) is 11.1 Å². The number of hydrogen-bond acceptors (Lipinski definition) is 7. The van der Waals surface area contributed by atoms with Gasteiger partial charge in [0, 0.05) is 18.7 Å². The fourth-order valence-electron chi connectivity index (χ4n) is 2.75. The number of benzene rings is 2. The first-order valence-corrected chi connectivity index (χ1v) is 9.80. The molecule has 1 aliphatic rings. The standard InChI is InChI=1S/C20H15F3N2O6S/c1-30-9-8-24-18(26)17(32-19(24)27)10-12-4-2-3-5-15(12)31-16-7-6-13(20(21,22)23)11-14(16)25(28)29/h2-7,10-11H,8-9H2,1H3/b17-10+. The number of nitro benzene ring substituents is 1. The zero-order chi connectivity index (χ0) is 23.5. The Morgan fingerprint density at radius 2 is 1.88 bits per heavy atom. The van der Waals surface area contributed by atoms with E-state index in [1.54, 1.807) is 12.1 Å². The number of halogens is 3. The normalized spacial score (nSPS) is 15.5. The highest BCUT2D eigenvalue weighted by molar-refractivity contribution is 8.18. The SMILES string of the molecule is COCCN1C(=O)S/C(=C/c2ccccc2Oc2ccc(C(F)(F)F)cc2[N+](=O)[O-])C1=O. The van der Waals surface area contributed by atoms with Crippen molar-refractivity contribution < 1.29 is 37.2 Å². The molecule has 0 radical (unpaired) electrons. The van der Waals surface area contributed by atoms with Crippen molar-refractivity contribution in [1.82, 2.24) is 4.90 Å². The van der Waals surface area contributed by atoms with Crippen LogP contribution in [-0.4, -0.2) is 41.2 Å². The predicted octanol–water partition coefficient (Wildman–Crippen LogP) is 5.09. The molecule has 8 nitrogen and oxygen atoms in total. The van der Waals surface area contributed by atoms with Gasteiger partial charge in [-0.2, -0.15) is 13.2 Å². The van der Waals surface area contributed by atoms with E-state index in [2.05, 4.69) is 0 Å². The van der Waals surface area contributed by atoms with Crippen LogP contribution in [0.3, 0.4) is 0 Å². The van der Waals surface area contributed by atoms with E-state index in [4.69, 9.17) is 9.47 Å². The fraction of sp³-hybridized carbons (Fsp3) is 0.200. The summed E-state index contributed by atoms with van der Waals surface area (Å²) in [6, 6.07) is 8.04. The zero-order valence-electron chi connectivity index (χ0n) is 16.4. The number of para-hydroxylation sites is 1. The lowest BCUT2D eigenvalue weighted by molar-refractivity contribution is -0.385. The summed E-state index contributed by atoms with van der Waals surface area (Å²) in [7, 11) is 1.43. The average Bonchev–Trinajstić information content (AvgIpc) is 2.99. The lowest BCUT2D eigenvalue weighted by atomic mass is 10.1. The minimum atomic E-state index is -4.76. The number of rotatable bonds is 7. The number of nitrogens with zero attached hydrogens (tertiary/aromatic N) is 2. The molecule has 0 N–H and O–H groups in total. The van der Waals surface area contributed by atoms with Crippen molar-refractivity contribution in [2.24, 2.45) is 0 Å². The Balaban J connectivity index is 1.93. The van der Waals surface area contributed by atoms with Crippen LogP contribution in [0.4, 0.5) is 23.7 Å². The third-order valence-electron chi connectivity index (χ3n) is 4.30. The molecule has 0 bridgehead atoms. The molecule has 0 spiro atoms. The van der Waals surface area contributed by atoms with E-state index in [1.807, 2.05) is 0 Å². The second-order valence-electron chi connectivity index (χ2n) is 6.40. The first-order chi connectivity index (χ1) is 15.1. The Morgan fingerprint density at radius 3 is 2.53 bits per heavy atom. The number of carbonyl (C=O) groups excluding carboxylic acids is 2. The molecule has 2 aromatic carbocycles. The Morgan fingerprint density at radius 1 is 1.16 bits per heavy atom. The smallest absolute Gasteiger partial charge is 0.416 e. The number of amides is 2. The molecular formula is C20H15F3N2O6S. The van der Waals surface area contributed by atoms with E-state index < -0.39 is 39.2 Å². The first kappa shape index (κ1) is 23.3. The van der Waals surface area contributed by atoms with Gasteiger partial charge in [0.1, 0.15) is 5.75 Å². The topological polar surface area (TPSA) is 99.0 Å². The largest absolute Gasteiger partial charge is 0.449 e. The molecule has 32 heavy (non-hydrogen) atoms. The highest BCUT2D eigenvalue weighted by Crippen LogP contribution is 2.39. The number of methoxy groups -OCH3 is 1. The summed E-state index contributed by atoms with van der Waals surface area (Å²) in [6.07, 6.45) is -3.38. The van der Waals surface area contributed by atoms with E-state index in [9.17, 15) is 32.9 Å². The second kappa shape index (κ2) is 9.40. The highest BCUT2D eigenvalue weighted by atomic mass is 32.2. The van der Waals surface area contributed by atoms with E-state index in [-0.39, 0.29) is 23.8 Å². The third-order valence-corrected chi connectivity index (χ3v) is 5.21. The molecule has 12 heteroatoms. The van der Waals surface area contributed by atoms with Gasteiger partial charge in [0.15, 0.2) is 0 Å². The summed E-state index contributed by atoms with van der Waals surface area (Å²) >= 11 is 0.709. The van der Waals surface area contributed by atoms with E-state index >= 15 is 0 Å². The van der Waals surface area contributed by atoms with Crippen LogP contribution in [0.25, 0.3) is 6.08 Å². The van der Waals surface area contributed by atoms with Crippen molar-refractivity contribution in [2.45, 2.75) is 6.18 Å². The van der Waals surface area contributed by atoms with Crippen molar-refractivity contribution in [2.75, 3.05) is 20.3 Å². The van der Waals surface area contributed by atoms with Gasteiger partial charge < -0.3 is 9.47 Å². The molecule has 1 fully saturated rings. The van der Waals surface area contributed by atoms with Gasteiger partial charge in [-0.15, -0.1) is 0 Å². The third kappa shape index (κ3) is 5.08. The summed E-state index contributed by atoms with van der Waals surface area (Å²) in [6.45, 7) is 0.247. The van der Waals surface area contributed by atoms with E-state index in [1.165, 1.54) is 25.3 Å². The Bertz CT molecular complexity index is 1100. The number of hydrogen-bond donors (Lipinski definition) is 0. The Hall–Kier alpha value is -3.38. The first-order valence-electron chi connectivity index (χ1n) is 8.98. The second-order valence-corrected chi connectivity index (χ2v) is 7.40. The molecular weight excluding hydrogens is 453 g/mol. The summed E-state index contributed by atoms with van der Waals surface area (Å²) in [5.41, 5.74) is -1.75. The molecule has 1 aliphatic heterocycles. The summed E-state index contributed by atoms with van der Waals surface area (Å²) in [5.74, 6) is -0.886. The number of nitro groups is 1. The molecule has 0 atom stereocenters. The molecule has 1 saturated heterocycles. The van der Waals surface area contributed by atoms with Crippen LogP contribution in [0.5, 0.6) is 11.5 Å². The molecule has 0 aliphatic carbocycles. The predicted molar refractivity (Wildman–Crippen MR) is 109 cm³/mol. The lowest BCUT2D eigenvalue weighted by Crippen LogP contribution is -2.31. The minimum absolute atomic E-state index is 0.0547. The lowest BCUT2D eigenvalue weighted by Gasteiger charge is -2.12. The van der Waals surface area contributed by atoms with E-state index in [0.717, 1.165) is 11.0 Å². The van der Waals surface area contributed by atoms with Gasteiger partial charge in [-0.05, 0) is 36.0 Å². The summed E-state index contributed by atoms with van der Waals surface area (Å²) in [5, 5.41) is 10.8. The Kier molecular flexibility index (Phi) is 6.84. The van der Waals surface area contributed by atoms with Crippen molar-refractivity contribution >= 4 is 34.7 Å². The quantitative estimate of drug-likeness (QED) is 0.317. The van der Waals surface area contributed by atoms with Crippen molar-refractivity contribution in [1.29, 1.82) is 0 Å². The van der Waals surface area contributed by atoms with Crippen molar-refractivity contribution in [3.05, 3.63) is 68.6 Å². The van der Waals surface area contributed by atoms with Crippen LogP contribution in [0.2, 0.25) is 0 Å². The van der Waals surface area contributed by atoms with Gasteiger partial charge >= 0.3 is 11.9 Å². The van der Waals surface area contributed by atoms with Crippen molar-refractivity contribution in [3.8, 4) is 11.5 Å². The fourth-order valence-corrected chi connectivity index (χ4v) is 3.61. The van der Waals surface area contributed by atoms with Gasteiger partial charge in [0.25, 0.3) is 11.1 Å². The zero-order valence-corrected chi connectivity index (χ0v) is 17.2.